The van der Waals surface area contributed by atoms with Crippen LogP contribution in [0.1, 0.15) is 0 Å². The van der Waals surface area contributed by atoms with E-state index in [1.807, 2.05) is 24.3 Å². The first-order valence-electron chi connectivity index (χ1n) is 8.50. The molecule has 3 heterocycles. The first-order chi connectivity index (χ1) is 13.1. The summed E-state index contributed by atoms with van der Waals surface area (Å²) in [6, 6.07) is 10.8. The van der Waals surface area contributed by atoms with Gasteiger partial charge in [0.1, 0.15) is 12.7 Å². The van der Waals surface area contributed by atoms with E-state index in [1.165, 1.54) is 4.90 Å². The molecule has 2 N–H and O–H groups in total. The molecule has 1 aliphatic heterocycles. The minimum atomic E-state index is -0.963. The van der Waals surface area contributed by atoms with Gasteiger partial charge in [-0.25, -0.2) is 14.6 Å². The van der Waals surface area contributed by atoms with Gasteiger partial charge in [-0.1, -0.05) is 12.1 Å². The van der Waals surface area contributed by atoms with Gasteiger partial charge in [-0.15, -0.1) is 0 Å². The number of carboxylic acid groups (broad SMARTS) is 1. The largest absolute Gasteiger partial charge is 0.475 e. The van der Waals surface area contributed by atoms with Gasteiger partial charge in [0, 0.05) is 12.6 Å². The average molecular weight is 370 g/mol. The Morgan fingerprint density at radius 2 is 2.19 bits per heavy atom. The Hall–Kier alpha value is -3.33. The van der Waals surface area contributed by atoms with E-state index in [2.05, 4.69) is 9.97 Å². The second-order valence-corrected chi connectivity index (χ2v) is 6.17. The fraction of sp³-hybridized carbons (Fsp3) is 0.278. The minimum absolute atomic E-state index is 0.198. The van der Waals surface area contributed by atoms with Crippen LogP contribution in [0.4, 0.5) is 4.79 Å². The van der Waals surface area contributed by atoms with Crippen molar-refractivity contribution in [1.82, 2.24) is 19.4 Å². The number of hydrogen-bond donors (Lipinski definition) is 2. The predicted octanol–water partition coefficient (Wildman–Crippen LogP) is 1.47. The standard InChI is InChI=1S/C18H18N4O5/c23-17-20-14-3-1-2-4-15(14)22(17)12-5-6-16(19-9-12)27-11-13-10-21(18(24)25)7-8-26-13/h1-6,9,13H,7-8,10-11H2,(H,20,23)(H,24,25)/t13-/m1/s1. The molecule has 0 unspecified atom stereocenters. The third-order valence-electron chi connectivity index (χ3n) is 4.39. The van der Waals surface area contributed by atoms with Crippen LogP contribution in [-0.4, -0.2) is 63.0 Å². The number of aromatic nitrogens is 3. The number of H-pyrrole nitrogens is 1. The third kappa shape index (κ3) is 3.49. The molecule has 2 aromatic heterocycles. The average Bonchev–Trinajstić information content (AvgIpc) is 3.03. The van der Waals surface area contributed by atoms with E-state index in [9.17, 15) is 9.59 Å². The first-order valence-corrected chi connectivity index (χ1v) is 8.50. The van der Waals surface area contributed by atoms with E-state index in [4.69, 9.17) is 14.6 Å². The highest BCUT2D eigenvalue weighted by atomic mass is 16.5. The molecule has 1 aliphatic rings. The number of amides is 1. The zero-order chi connectivity index (χ0) is 18.8. The Morgan fingerprint density at radius 3 is 2.96 bits per heavy atom. The van der Waals surface area contributed by atoms with Crippen LogP contribution in [0.3, 0.4) is 0 Å². The zero-order valence-electron chi connectivity index (χ0n) is 14.4. The maximum absolute atomic E-state index is 12.2. The lowest BCUT2D eigenvalue weighted by molar-refractivity contribution is -0.0418. The summed E-state index contributed by atoms with van der Waals surface area (Å²) in [5.41, 5.74) is 1.90. The number of nitrogens with one attached hydrogen (secondary N) is 1. The Kier molecular flexibility index (Phi) is 4.51. The molecule has 1 amide bonds. The number of fused-ring (bicyclic) bond motifs is 1. The lowest BCUT2D eigenvalue weighted by Crippen LogP contribution is -2.47. The van der Waals surface area contributed by atoms with Crippen molar-refractivity contribution in [3.8, 4) is 11.6 Å². The minimum Gasteiger partial charge on any atom is -0.475 e. The number of ether oxygens (including phenoxy) is 2. The Bertz CT molecular complexity index is 1010. The van der Waals surface area contributed by atoms with Crippen molar-refractivity contribution in [2.45, 2.75) is 6.10 Å². The van der Waals surface area contributed by atoms with Gasteiger partial charge in [-0.3, -0.25) is 4.57 Å². The highest BCUT2D eigenvalue weighted by molar-refractivity contribution is 5.77. The molecule has 3 aromatic rings. The summed E-state index contributed by atoms with van der Waals surface area (Å²) in [6.45, 7) is 1.16. The number of nitrogens with zero attached hydrogens (tertiary/aromatic N) is 3. The normalized spacial score (nSPS) is 17.2. The van der Waals surface area contributed by atoms with Crippen molar-refractivity contribution < 1.29 is 19.4 Å². The predicted molar refractivity (Wildman–Crippen MR) is 96.5 cm³/mol. The number of carbonyl (C=O) groups is 1. The molecule has 0 radical (unpaired) electrons. The van der Waals surface area contributed by atoms with Crippen molar-refractivity contribution in [3.63, 3.8) is 0 Å². The first kappa shape index (κ1) is 17.1. The molecule has 0 saturated carbocycles. The molecule has 1 fully saturated rings. The molecule has 4 rings (SSSR count). The summed E-state index contributed by atoms with van der Waals surface area (Å²) >= 11 is 0. The van der Waals surface area contributed by atoms with Gasteiger partial charge in [-0.2, -0.15) is 0 Å². The van der Waals surface area contributed by atoms with E-state index in [-0.39, 0.29) is 24.9 Å². The van der Waals surface area contributed by atoms with Crippen molar-refractivity contribution >= 4 is 17.1 Å². The number of hydrogen-bond acceptors (Lipinski definition) is 5. The van der Waals surface area contributed by atoms with Gasteiger partial charge in [0.15, 0.2) is 0 Å². The molecule has 140 valence electrons. The lowest BCUT2D eigenvalue weighted by atomic mass is 10.3. The number of pyridine rings is 1. The molecule has 1 saturated heterocycles. The van der Waals surface area contributed by atoms with Crippen LogP contribution in [0.15, 0.2) is 47.4 Å². The monoisotopic (exact) mass is 370 g/mol. The van der Waals surface area contributed by atoms with Gasteiger partial charge in [0.2, 0.25) is 5.88 Å². The smallest absolute Gasteiger partial charge is 0.407 e. The topological polar surface area (TPSA) is 110 Å². The fourth-order valence-corrected chi connectivity index (χ4v) is 3.07. The van der Waals surface area contributed by atoms with Crippen LogP contribution >= 0.6 is 0 Å². The van der Waals surface area contributed by atoms with Crippen molar-refractivity contribution in [2.24, 2.45) is 0 Å². The number of imidazole rings is 1. The van der Waals surface area contributed by atoms with Crippen LogP contribution < -0.4 is 10.4 Å². The van der Waals surface area contributed by atoms with Gasteiger partial charge >= 0.3 is 11.8 Å². The Morgan fingerprint density at radius 1 is 1.33 bits per heavy atom. The molecule has 1 atom stereocenters. The Balaban J connectivity index is 1.46. The summed E-state index contributed by atoms with van der Waals surface area (Å²) < 4.78 is 12.7. The highest BCUT2D eigenvalue weighted by Gasteiger charge is 2.24. The van der Waals surface area contributed by atoms with Crippen LogP contribution in [-0.2, 0) is 4.74 Å². The third-order valence-corrected chi connectivity index (χ3v) is 4.39. The second kappa shape index (κ2) is 7.12. The number of morpholine rings is 1. The maximum atomic E-state index is 12.2. The van der Waals surface area contributed by atoms with E-state index in [0.29, 0.717) is 24.7 Å². The highest BCUT2D eigenvalue weighted by Crippen LogP contribution is 2.17. The second-order valence-electron chi connectivity index (χ2n) is 6.17. The van der Waals surface area contributed by atoms with E-state index < -0.39 is 6.09 Å². The van der Waals surface area contributed by atoms with Crippen molar-refractivity contribution in [2.75, 3.05) is 26.3 Å². The summed E-state index contributed by atoms with van der Waals surface area (Å²) in [5, 5.41) is 9.05. The molecular formula is C18H18N4O5. The summed E-state index contributed by atoms with van der Waals surface area (Å²) in [5.74, 6) is 0.377. The van der Waals surface area contributed by atoms with E-state index >= 15 is 0 Å². The zero-order valence-corrected chi connectivity index (χ0v) is 14.4. The summed E-state index contributed by atoms with van der Waals surface area (Å²) in [7, 11) is 0. The maximum Gasteiger partial charge on any atom is 0.407 e. The van der Waals surface area contributed by atoms with Crippen LogP contribution in [0.2, 0.25) is 0 Å². The SMILES string of the molecule is O=C(O)N1CCO[C@@H](COc2ccc(-n3c(=O)[nH]c4ccccc43)cn2)C1. The van der Waals surface area contributed by atoms with Crippen LogP contribution in [0.5, 0.6) is 5.88 Å². The number of aromatic amines is 1. The molecule has 0 bridgehead atoms. The molecule has 0 spiro atoms. The Labute approximate surface area is 153 Å². The number of rotatable bonds is 4. The summed E-state index contributed by atoms with van der Waals surface area (Å²) in [4.78, 5) is 31.6. The van der Waals surface area contributed by atoms with E-state index in [0.717, 1.165) is 11.0 Å². The number of benzene rings is 1. The quantitative estimate of drug-likeness (QED) is 0.720. The summed E-state index contributed by atoms with van der Waals surface area (Å²) in [6.07, 6.45) is 0.255. The molecule has 0 aliphatic carbocycles. The van der Waals surface area contributed by atoms with Crippen LogP contribution in [0, 0.1) is 0 Å². The van der Waals surface area contributed by atoms with Gasteiger partial charge in [0.05, 0.1) is 36.1 Å². The van der Waals surface area contributed by atoms with Gasteiger partial charge in [0.25, 0.3) is 0 Å². The van der Waals surface area contributed by atoms with Crippen molar-refractivity contribution in [1.29, 1.82) is 0 Å². The molecule has 1 aromatic carbocycles. The van der Waals surface area contributed by atoms with Crippen LogP contribution in [0.25, 0.3) is 16.7 Å². The van der Waals surface area contributed by atoms with Gasteiger partial charge < -0.3 is 24.5 Å². The molecule has 9 nitrogen and oxygen atoms in total. The lowest BCUT2D eigenvalue weighted by Gasteiger charge is -2.30. The molecule has 27 heavy (non-hydrogen) atoms. The van der Waals surface area contributed by atoms with E-state index in [1.54, 1.807) is 22.9 Å². The fourth-order valence-electron chi connectivity index (χ4n) is 3.07. The number of para-hydroxylation sites is 2. The molecule has 9 heteroatoms. The van der Waals surface area contributed by atoms with Crippen molar-refractivity contribution in [3.05, 3.63) is 53.1 Å². The molecular weight excluding hydrogens is 352 g/mol. The van der Waals surface area contributed by atoms with Gasteiger partial charge in [-0.05, 0) is 18.2 Å².